The Hall–Kier alpha value is -3.27. The molecule has 0 amide bonds. The van der Waals surface area contributed by atoms with Crippen molar-refractivity contribution in [2.75, 3.05) is 26.8 Å². The number of benzene rings is 1. The molecular weight excluding hydrogens is 560 g/mol. The number of aryl methyl sites for hydroxylation is 3. The summed E-state index contributed by atoms with van der Waals surface area (Å²) in [6.45, 7) is 6.49. The number of esters is 1. The van der Waals surface area contributed by atoms with Crippen LogP contribution in [0.5, 0.6) is 5.75 Å². The summed E-state index contributed by atoms with van der Waals surface area (Å²) in [5.74, 6) is 0.934. The predicted octanol–water partition coefficient (Wildman–Crippen LogP) is 5.51. The summed E-state index contributed by atoms with van der Waals surface area (Å²) in [6, 6.07) is 7.46. The van der Waals surface area contributed by atoms with Gasteiger partial charge in [-0.1, -0.05) is 11.6 Å². The molecule has 4 aromatic rings. The van der Waals surface area contributed by atoms with Crippen LogP contribution < -0.4 is 15.6 Å². The Labute approximate surface area is 247 Å². The number of thiophene rings is 1. The Morgan fingerprint density at radius 1 is 1.15 bits per heavy atom. The Kier molecular flexibility index (Phi) is 7.61. The van der Waals surface area contributed by atoms with Crippen LogP contribution in [0.3, 0.4) is 0 Å². The first-order valence-electron chi connectivity index (χ1n) is 14.0. The number of nitrogens with zero attached hydrogens (tertiary/aromatic N) is 3. The van der Waals surface area contributed by atoms with E-state index in [1.807, 2.05) is 32.0 Å². The van der Waals surface area contributed by atoms with Crippen LogP contribution >= 0.6 is 22.9 Å². The van der Waals surface area contributed by atoms with Crippen molar-refractivity contribution in [1.29, 1.82) is 0 Å². The molecule has 0 radical (unpaired) electrons. The quantitative estimate of drug-likeness (QED) is 0.295. The van der Waals surface area contributed by atoms with Crippen LogP contribution in [-0.2, 0) is 24.1 Å². The lowest BCUT2D eigenvalue weighted by Gasteiger charge is -2.41. The van der Waals surface area contributed by atoms with Crippen molar-refractivity contribution in [2.24, 2.45) is 5.41 Å². The summed E-state index contributed by atoms with van der Waals surface area (Å²) in [5.41, 5.74) is 5.58. The number of nitrogens with one attached hydrogen (secondary N) is 1. The zero-order valence-corrected chi connectivity index (χ0v) is 25.1. The number of halogens is 1. The van der Waals surface area contributed by atoms with E-state index in [-0.39, 0.29) is 17.6 Å². The van der Waals surface area contributed by atoms with Crippen molar-refractivity contribution in [1.82, 2.24) is 19.9 Å². The minimum absolute atomic E-state index is 0.0606. The number of aromatic nitrogens is 3. The maximum Gasteiger partial charge on any atom is 0.340 e. The van der Waals surface area contributed by atoms with Gasteiger partial charge >= 0.3 is 5.97 Å². The molecule has 214 valence electrons. The second-order valence-corrected chi connectivity index (χ2v) is 12.4. The summed E-state index contributed by atoms with van der Waals surface area (Å²) >= 11 is 7.87. The minimum atomic E-state index is -0.423. The molecule has 1 spiro atoms. The third kappa shape index (κ3) is 5.27. The van der Waals surface area contributed by atoms with Crippen LogP contribution in [0, 0.1) is 19.3 Å². The summed E-state index contributed by atoms with van der Waals surface area (Å²) < 4.78 is 13.9. The first-order chi connectivity index (χ1) is 19.8. The van der Waals surface area contributed by atoms with E-state index in [2.05, 4.69) is 10.3 Å². The maximum atomic E-state index is 13.7. The average Bonchev–Trinajstić information content (AvgIpc) is 3.39. The molecule has 1 N–H and O–H groups in total. The summed E-state index contributed by atoms with van der Waals surface area (Å²) in [4.78, 5) is 35.5. The SMILES string of the molecule is COC(=O)c1csc2c(-c3cc(Cl)ccc3OCCn3c(C)nc4c(c3=O)CC3(CCNCC3)CC4)cc(C)nc12. The lowest BCUT2D eigenvalue weighted by molar-refractivity contribution is 0.0603. The number of piperidine rings is 1. The molecule has 3 aromatic heterocycles. The van der Waals surface area contributed by atoms with Gasteiger partial charge in [0.2, 0.25) is 0 Å². The van der Waals surface area contributed by atoms with Gasteiger partial charge in [0.15, 0.2) is 0 Å². The van der Waals surface area contributed by atoms with Crippen molar-refractivity contribution < 1.29 is 14.3 Å². The number of methoxy groups -OCH3 is 1. The smallest absolute Gasteiger partial charge is 0.340 e. The summed E-state index contributed by atoms with van der Waals surface area (Å²) in [6.07, 6.45) is 5.00. The topological polar surface area (TPSA) is 95.3 Å². The molecule has 0 unspecified atom stereocenters. The van der Waals surface area contributed by atoms with Gasteiger partial charge in [-0.15, -0.1) is 11.3 Å². The predicted molar refractivity (Wildman–Crippen MR) is 161 cm³/mol. The van der Waals surface area contributed by atoms with Gasteiger partial charge in [-0.05, 0) is 88.7 Å². The molecule has 1 saturated heterocycles. The first-order valence-corrected chi connectivity index (χ1v) is 15.2. The van der Waals surface area contributed by atoms with Crippen LogP contribution in [0.15, 0.2) is 34.4 Å². The van der Waals surface area contributed by atoms with E-state index < -0.39 is 5.97 Å². The zero-order valence-electron chi connectivity index (χ0n) is 23.5. The van der Waals surface area contributed by atoms with E-state index >= 15 is 0 Å². The normalized spacial score (nSPS) is 16.1. The van der Waals surface area contributed by atoms with Gasteiger partial charge in [0, 0.05) is 32.8 Å². The lowest BCUT2D eigenvalue weighted by atomic mass is 9.67. The van der Waals surface area contributed by atoms with Crippen molar-refractivity contribution >= 4 is 39.1 Å². The van der Waals surface area contributed by atoms with Gasteiger partial charge in [-0.2, -0.15) is 0 Å². The molecule has 0 saturated carbocycles. The monoisotopic (exact) mass is 592 g/mol. The second kappa shape index (κ2) is 11.2. The van der Waals surface area contributed by atoms with Crippen molar-refractivity contribution in [3.8, 4) is 16.9 Å². The molecule has 0 atom stereocenters. The van der Waals surface area contributed by atoms with Crippen LogP contribution in [0.25, 0.3) is 21.3 Å². The fourth-order valence-corrected chi connectivity index (χ4v) is 7.49. The largest absolute Gasteiger partial charge is 0.491 e. The number of ether oxygens (including phenoxy) is 2. The number of rotatable bonds is 6. The summed E-state index contributed by atoms with van der Waals surface area (Å²) in [5, 5.41) is 5.79. The third-order valence-corrected chi connectivity index (χ3v) is 9.75. The Balaban J connectivity index is 1.28. The number of carbonyl (C=O) groups is 1. The van der Waals surface area contributed by atoms with Crippen LogP contribution in [0.2, 0.25) is 5.02 Å². The van der Waals surface area contributed by atoms with E-state index in [9.17, 15) is 9.59 Å². The molecule has 1 aliphatic heterocycles. The number of hydrogen-bond acceptors (Lipinski definition) is 8. The highest BCUT2D eigenvalue weighted by Gasteiger charge is 2.37. The average molecular weight is 593 g/mol. The third-order valence-electron chi connectivity index (χ3n) is 8.51. The van der Waals surface area contributed by atoms with E-state index in [4.69, 9.17) is 26.1 Å². The van der Waals surface area contributed by atoms with Gasteiger partial charge in [-0.25, -0.2) is 9.78 Å². The lowest BCUT2D eigenvalue weighted by Crippen LogP contribution is -2.43. The van der Waals surface area contributed by atoms with E-state index in [0.29, 0.717) is 28.4 Å². The number of hydrogen-bond donors (Lipinski definition) is 1. The number of carbonyl (C=O) groups excluding carboxylic acids is 1. The molecule has 1 aromatic carbocycles. The molecule has 6 rings (SSSR count). The minimum Gasteiger partial charge on any atom is -0.491 e. The highest BCUT2D eigenvalue weighted by molar-refractivity contribution is 7.18. The van der Waals surface area contributed by atoms with Gasteiger partial charge in [0.05, 0.1) is 35.1 Å². The van der Waals surface area contributed by atoms with E-state index in [0.717, 1.165) is 83.8 Å². The summed E-state index contributed by atoms with van der Waals surface area (Å²) in [7, 11) is 1.36. The second-order valence-electron chi connectivity index (χ2n) is 11.1. The van der Waals surface area contributed by atoms with Crippen LogP contribution in [0.1, 0.15) is 52.4 Å². The molecule has 1 aliphatic carbocycles. The molecule has 1 fully saturated rings. The van der Waals surface area contributed by atoms with Gasteiger partial charge in [0.1, 0.15) is 18.2 Å². The number of pyridine rings is 1. The molecule has 0 bridgehead atoms. The molecular formula is C31H33ClN4O4S. The standard InChI is InChI=1S/C31H33ClN4O4S/c1-18-14-22(28-27(34-18)24(17-41-28)30(38)39-3)21-15-20(32)4-5-26(21)40-13-12-36-19(2)35-25-6-7-31(8-10-33-11-9-31)16-23(25)29(36)37/h4-5,14-15,17,33H,6-13,16H2,1-3H3. The van der Waals surface area contributed by atoms with Crippen LogP contribution in [0.4, 0.5) is 0 Å². The Morgan fingerprint density at radius 3 is 2.73 bits per heavy atom. The van der Waals surface area contributed by atoms with Crippen molar-refractivity contribution in [2.45, 2.75) is 52.5 Å². The highest BCUT2D eigenvalue weighted by atomic mass is 35.5. The Morgan fingerprint density at radius 2 is 1.95 bits per heavy atom. The molecule has 10 heteroatoms. The van der Waals surface area contributed by atoms with Crippen LogP contribution in [-0.4, -0.2) is 47.3 Å². The molecule has 4 heterocycles. The highest BCUT2D eigenvalue weighted by Crippen LogP contribution is 2.42. The van der Waals surface area contributed by atoms with Gasteiger partial charge in [0.25, 0.3) is 5.56 Å². The van der Waals surface area contributed by atoms with Gasteiger partial charge < -0.3 is 14.8 Å². The zero-order chi connectivity index (χ0) is 28.7. The van der Waals surface area contributed by atoms with Crippen molar-refractivity contribution in [3.05, 3.63) is 73.4 Å². The number of fused-ring (bicyclic) bond motifs is 2. The van der Waals surface area contributed by atoms with Crippen molar-refractivity contribution in [3.63, 3.8) is 0 Å². The molecule has 41 heavy (non-hydrogen) atoms. The maximum absolute atomic E-state index is 13.7. The first kappa shape index (κ1) is 27.9. The molecule has 8 nitrogen and oxygen atoms in total. The fourth-order valence-electron chi connectivity index (χ4n) is 6.31. The molecule has 2 aliphatic rings. The van der Waals surface area contributed by atoms with E-state index in [1.54, 1.807) is 16.0 Å². The van der Waals surface area contributed by atoms with E-state index in [1.165, 1.54) is 18.4 Å². The van der Waals surface area contributed by atoms with Gasteiger partial charge in [-0.3, -0.25) is 14.3 Å². The fraction of sp³-hybridized carbons (Fsp3) is 0.419. The Bertz CT molecular complexity index is 1710.